The molecule has 1 heterocycles. The van der Waals surface area contributed by atoms with E-state index in [-0.39, 0.29) is 112 Å². The quantitative estimate of drug-likeness (QED) is 0.355. The number of nitrogens with one attached hydrogen (secondary N) is 1. The van der Waals surface area contributed by atoms with Crippen LogP contribution in [-0.2, 0) is 49.2 Å². The zero-order chi connectivity index (χ0) is 11.4. The largest absolute Gasteiger partial charge is 2.00 e. The third-order valence-electron chi connectivity index (χ3n) is 2.34. The van der Waals surface area contributed by atoms with Crippen molar-refractivity contribution in [2.45, 2.75) is 31.3 Å². The second-order valence-electron chi connectivity index (χ2n) is 3.25. The molecule has 1 radical (unpaired) electrons. The third-order valence-corrected chi connectivity index (χ3v) is 2.34. The summed E-state index contributed by atoms with van der Waals surface area (Å²) in [5.41, 5.74) is 0. The van der Waals surface area contributed by atoms with E-state index in [1.54, 1.807) is 0 Å². The van der Waals surface area contributed by atoms with Gasteiger partial charge in [0.25, 0.3) is 0 Å². The van der Waals surface area contributed by atoms with Crippen molar-refractivity contribution in [2.24, 2.45) is 0 Å². The van der Waals surface area contributed by atoms with E-state index < -0.39 is 12.6 Å². The first-order valence-electron chi connectivity index (χ1n) is 5.19. The molecule has 0 aromatic rings. The van der Waals surface area contributed by atoms with Crippen LogP contribution < -0.4 is 5.32 Å². The second kappa shape index (κ2) is 23.5. The van der Waals surface area contributed by atoms with Gasteiger partial charge in [-0.2, -0.15) is 12.8 Å². The van der Waals surface area contributed by atoms with Crippen LogP contribution in [0.2, 0.25) is 0 Å². The van der Waals surface area contributed by atoms with Gasteiger partial charge < -0.3 is 58.6 Å². The Kier molecular flexibility index (Phi) is 42.6. The minimum atomic E-state index is -0.859. The van der Waals surface area contributed by atoms with Gasteiger partial charge >= 0.3 is 49.7 Å². The summed E-state index contributed by atoms with van der Waals surface area (Å²) in [6, 6.07) is -0.861. The molecular weight excluding hydrogens is 701 g/mol. The summed E-state index contributed by atoms with van der Waals surface area (Å²) >= 11 is 0. The van der Waals surface area contributed by atoms with E-state index in [9.17, 15) is 9.59 Å². The van der Waals surface area contributed by atoms with Crippen LogP contribution in [0.3, 0.4) is 0 Å². The Bertz CT molecular complexity index is 267. The van der Waals surface area contributed by atoms with Gasteiger partial charge in [-0.05, 0) is 12.8 Å². The Balaban J connectivity index is -0.0000000643. The number of carbonyl (C=O) groups is 1. The maximum absolute atomic E-state index is 11.8. The van der Waals surface area contributed by atoms with Crippen LogP contribution in [0.1, 0.15) is 20.6 Å². The minimum Gasteiger partial charge on any atom is -0.545 e. The molecule has 1 rings (SSSR count). The molecule has 7 heteroatoms. The molecule has 0 saturated carbocycles. The molecule has 3 atom stereocenters. The first kappa shape index (κ1) is 38.1. The molecular formula is C14H27N2O2UVW-3. The van der Waals surface area contributed by atoms with Crippen LogP contribution in [0.4, 0.5) is 0 Å². The smallest absolute Gasteiger partial charge is 0.545 e. The van der Waals surface area contributed by atoms with Crippen molar-refractivity contribution >= 4 is 12.3 Å². The maximum atomic E-state index is 11.8. The predicted octanol–water partition coefficient (Wildman–Crippen LogP) is 1.86. The first-order valence-corrected chi connectivity index (χ1v) is 4.61. The van der Waals surface area contributed by atoms with Gasteiger partial charge in [0.2, 0.25) is 5.91 Å². The van der Waals surface area contributed by atoms with Gasteiger partial charge in [-0.1, -0.05) is 6.04 Å². The monoisotopic (exact) mass is 730 g/mol. The Labute approximate surface area is 184 Å². The summed E-state index contributed by atoms with van der Waals surface area (Å²) in [6.07, 6.45) is 3.46. The van der Waals surface area contributed by atoms with Gasteiger partial charge in [-0.25, -0.2) is 0 Å². The molecule has 1 fully saturated rings. The number of rotatable bonds is 4. The number of likely N-dealkylation sites (tertiary alicyclic amines) is 1. The van der Waals surface area contributed by atoms with E-state index in [1.165, 1.54) is 11.3 Å². The molecule has 0 unspecified atom stereocenters. The molecule has 1 aliphatic heterocycles. The van der Waals surface area contributed by atoms with Crippen molar-refractivity contribution in [3.63, 3.8) is 0 Å². The third kappa shape index (κ3) is 13.4. The Hall–Kier alpha value is 1.26. The topological polar surface area (TPSA) is 49.4 Å². The number of amides is 2. The van der Waals surface area contributed by atoms with Gasteiger partial charge in [0.15, 0.2) is 0 Å². The van der Waals surface area contributed by atoms with Gasteiger partial charge in [0.05, 0.1) is 0 Å². The normalized spacial score (nSPS) is 19.7. The molecule has 2 amide bonds. The first-order chi connectivity index (χ1) is 7.11. The average Bonchev–Trinajstić information content (AvgIpc) is 2.58. The van der Waals surface area contributed by atoms with Crippen molar-refractivity contribution in [3.8, 4) is 0 Å². The molecule has 0 bridgehead atoms. The van der Waals surface area contributed by atoms with Gasteiger partial charge in [-0.15, -0.1) is 0 Å². The molecule has 123 valence electrons. The van der Waals surface area contributed by atoms with Gasteiger partial charge in [-0.3, -0.25) is 4.79 Å². The van der Waals surface area contributed by atoms with E-state index in [2.05, 4.69) is 19.2 Å². The van der Waals surface area contributed by atoms with Crippen LogP contribution >= 0.6 is 0 Å². The van der Waals surface area contributed by atoms with Crippen LogP contribution in [0.25, 0.3) is 0 Å². The fourth-order valence-electron chi connectivity index (χ4n) is 1.56. The minimum absolute atomic E-state index is 0. The number of hydrogen-bond acceptors (Lipinski definition) is 2. The summed E-state index contributed by atoms with van der Waals surface area (Å²) < 4.78 is 7.70. The van der Waals surface area contributed by atoms with Crippen molar-refractivity contribution in [1.82, 2.24) is 10.2 Å². The van der Waals surface area contributed by atoms with Crippen molar-refractivity contribution < 1.29 is 81.7 Å². The molecule has 4 nitrogen and oxygen atoms in total. The molecule has 1 saturated heterocycles. The van der Waals surface area contributed by atoms with Gasteiger partial charge in [0, 0.05) is 35.0 Å². The molecule has 1 N–H and O–H groups in total. The van der Waals surface area contributed by atoms with Gasteiger partial charge in [0.1, 0.15) is 0 Å². The van der Waals surface area contributed by atoms with E-state index >= 15 is 0 Å². The molecule has 0 aliphatic carbocycles. The zero-order valence-corrected chi connectivity index (χ0v) is 21.9. The fraction of sp³-hybridized carbons (Fsp3) is 0.429. The van der Waals surface area contributed by atoms with Crippen LogP contribution in [0, 0.1) is 74.7 Å². The summed E-state index contributed by atoms with van der Waals surface area (Å²) in [7, 11) is 0. The van der Waals surface area contributed by atoms with E-state index in [1.807, 2.05) is 0 Å². The summed E-state index contributed by atoms with van der Waals surface area (Å²) in [5, 5.41) is 2.18. The van der Waals surface area contributed by atoms with Crippen molar-refractivity contribution in [2.75, 3.05) is 6.52 Å². The van der Waals surface area contributed by atoms with E-state index in [0.29, 0.717) is 12.8 Å². The van der Waals surface area contributed by atoms with Crippen LogP contribution in [-0.4, -0.2) is 35.8 Å². The Morgan fingerprint density at radius 2 is 1.90 bits per heavy atom. The predicted molar refractivity (Wildman–Crippen MR) is 78.3 cm³/mol. The van der Waals surface area contributed by atoms with E-state index in [4.69, 9.17) is 1.37 Å². The molecule has 0 spiro atoms. The zero-order valence-electron chi connectivity index (χ0n) is 14.4. The van der Waals surface area contributed by atoms with Crippen molar-refractivity contribution in [1.29, 1.82) is 0 Å². The summed E-state index contributed by atoms with van der Waals surface area (Å²) in [6.45, 7) is 6.71. The Morgan fingerprint density at radius 1 is 1.43 bits per heavy atom. The maximum Gasteiger partial charge on any atom is 2.00 e. The average molecular weight is 730 g/mol. The molecule has 0 aromatic heterocycles. The Morgan fingerprint density at radius 3 is 2.29 bits per heavy atom. The second-order valence-corrected chi connectivity index (χ2v) is 3.25. The summed E-state index contributed by atoms with van der Waals surface area (Å²) in [4.78, 5) is 23.3. The number of hydrogen-bond donors (Lipinski definition) is 1. The van der Waals surface area contributed by atoms with E-state index in [0.717, 1.165) is 6.42 Å². The summed E-state index contributed by atoms with van der Waals surface area (Å²) in [5.74, 6) is -0.329. The SMILES string of the molecule is [3H][C@@H]1CC[C@H](C[CH2-])N1C(=O)[C@H]([CH2-])N[C-]=O.[CH3-].[CH3-].[CH3-].[CH3-].[U+2].[V+2].[W]. The molecule has 0 aromatic carbocycles. The fourth-order valence-corrected chi connectivity index (χ4v) is 1.56. The molecule has 21 heavy (non-hydrogen) atoms. The van der Waals surface area contributed by atoms with Crippen LogP contribution in [0.15, 0.2) is 0 Å². The standard InChI is InChI=1S/C10H15N2O2.4CH3.U.V.W/c1-3-9-5-4-6-12(9)10(14)8(2)11-7-13;;;;;;;/h8-9H,1-6H2,(H,11,13);4*1H3;;;/q-3;4*-1;2*+2;/t8-,9-;;;;;;;/m0......./s1/i6T;;;;;;;/t6-,8+,9+;;;;;;;/m1........ The van der Waals surface area contributed by atoms with Crippen molar-refractivity contribution in [3.05, 3.63) is 43.6 Å². The number of nitrogens with zero attached hydrogens (tertiary/aromatic N) is 1. The number of carbonyl (C=O) groups excluding carboxylic acids is 2. The van der Waals surface area contributed by atoms with Crippen LogP contribution in [0.5, 0.6) is 0 Å². The molecule has 1 aliphatic rings.